The second-order valence-electron chi connectivity index (χ2n) is 6.96. The molecule has 24 heavy (non-hydrogen) atoms. The molecule has 0 aromatic heterocycles. The zero-order valence-electron chi connectivity index (χ0n) is 16.3. The molecule has 0 bridgehead atoms. The number of benzene rings is 1. The lowest BCUT2D eigenvalue weighted by atomic mass is 10.1. The van der Waals surface area contributed by atoms with Gasteiger partial charge in [0.25, 0.3) is 0 Å². The fraction of sp³-hybridized carbons (Fsp3) is 0.565. The van der Waals surface area contributed by atoms with Crippen LogP contribution in [-0.4, -0.2) is 18.5 Å². The zero-order valence-corrected chi connectivity index (χ0v) is 17.2. The first kappa shape index (κ1) is 21.2. The van der Waals surface area contributed by atoms with Gasteiger partial charge >= 0.3 is 0 Å². The summed E-state index contributed by atoms with van der Waals surface area (Å²) in [6, 6.07) is 11.0. The van der Waals surface area contributed by atoms with Crippen molar-refractivity contribution < 1.29 is 0 Å². The molecule has 1 aromatic carbocycles. The molecule has 0 aliphatic heterocycles. The van der Waals surface area contributed by atoms with Gasteiger partial charge in [-0.2, -0.15) is 0 Å². The SMILES string of the molecule is C=CCC(=C[P+](CCCC)(CCCC)CCCC)c1ccccc1. The van der Waals surface area contributed by atoms with Gasteiger partial charge in [-0.15, -0.1) is 6.58 Å². The lowest BCUT2D eigenvalue weighted by molar-refractivity contribution is 0.840. The van der Waals surface area contributed by atoms with E-state index in [4.69, 9.17) is 0 Å². The van der Waals surface area contributed by atoms with Gasteiger partial charge in [0, 0.05) is 7.26 Å². The lowest BCUT2D eigenvalue weighted by Crippen LogP contribution is -2.07. The van der Waals surface area contributed by atoms with Crippen LogP contribution in [-0.2, 0) is 0 Å². The van der Waals surface area contributed by atoms with Gasteiger partial charge in [-0.25, -0.2) is 0 Å². The van der Waals surface area contributed by atoms with E-state index in [0.717, 1.165) is 6.42 Å². The second-order valence-corrected chi connectivity index (χ2v) is 11.0. The van der Waals surface area contributed by atoms with E-state index in [1.165, 1.54) is 68.1 Å². The first-order valence-electron chi connectivity index (χ1n) is 9.95. The number of allylic oxidation sites excluding steroid dienone is 2. The van der Waals surface area contributed by atoms with Crippen LogP contribution in [0.3, 0.4) is 0 Å². The first-order chi connectivity index (χ1) is 11.7. The molecule has 0 spiro atoms. The van der Waals surface area contributed by atoms with Crippen molar-refractivity contribution in [2.75, 3.05) is 18.5 Å². The van der Waals surface area contributed by atoms with Gasteiger partial charge in [0.1, 0.15) is 0 Å². The quantitative estimate of drug-likeness (QED) is 0.251. The highest BCUT2D eigenvalue weighted by atomic mass is 31.2. The summed E-state index contributed by atoms with van der Waals surface area (Å²) in [6.45, 7) is 11.0. The van der Waals surface area contributed by atoms with E-state index in [2.05, 4.69) is 69.6 Å². The fourth-order valence-electron chi connectivity index (χ4n) is 3.33. The van der Waals surface area contributed by atoms with Crippen LogP contribution in [0.15, 0.2) is 48.8 Å². The third kappa shape index (κ3) is 7.35. The molecule has 0 heterocycles. The minimum atomic E-state index is -1.01. The maximum Gasteiger partial charge on any atom is 0.0635 e. The van der Waals surface area contributed by atoms with E-state index in [9.17, 15) is 0 Å². The van der Waals surface area contributed by atoms with Crippen molar-refractivity contribution in [2.24, 2.45) is 0 Å². The monoisotopic (exact) mass is 345 g/mol. The van der Waals surface area contributed by atoms with Crippen molar-refractivity contribution in [3.63, 3.8) is 0 Å². The van der Waals surface area contributed by atoms with Gasteiger partial charge in [0.05, 0.1) is 24.3 Å². The standard InChI is InChI=1S/C23H38P/c1-5-9-18-24(19-10-6-2,20-11-7-3)21-23(15-8-4)22-16-13-12-14-17-22/h8,12-14,16-17,21H,4-7,9-11,15,18-20H2,1-3H3/q+1. The van der Waals surface area contributed by atoms with Crippen molar-refractivity contribution in [1.82, 2.24) is 0 Å². The molecule has 0 saturated carbocycles. The van der Waals surface area contributed by atoms with Crippen LogP contribution in [0.1, 0.15) is 71.3 Å². The molecule has 1 aromatic rings. The number of rotatable bonds is 13. The highest BCUT2D eigenvalue weighted by molar-refractivity contribution is 7.79. The molecule has 0 fully saturated rings. The predicted molar refractivity (Wildman–Crippen MR) is 115 cm³/mol. The number of hydrogen-bond donors (Lipinski definition) is 0. The van der Waals surface area contributed by atoms with Crippen LogP contribution >= 0.6 is 7.26 Å². The normalized spacial score (nSPS) is 12.4. The van der Waals surface area contributed by atoms with E-state index in [1.807, 2.05) is 0 Å². The highest BCUT2D eigenvalue weighted by Gasteiger charge is 2.34. The smallest absolute Gasteiger partial charge is 0.0635 e. The van der Waals surface area contributed by atoms with E-state index in [-0.39, 0.29) is 0 Å². The van der Waals surface area contributed by atoms with Gasteiger partial charge in [-0.3, -0.25) is 0 Å². The molecule has 0 N–H and O–H groups in total. The Labute approximate surface area is 151 Å². The van der Waals surface area contributed by atoms with Gasteiger partial charge in [0.15, 0.2) is 0 Å². The summed E-state index contributed by atoms with van der Waals surface area (Å²) in [6.07, 6.45) is 15.5. The summed E-state index contributed by atoms with van der Waals surface area (Å²) in [5, 5.41) is 0. The Morgan fingerprint density at radius 3 is 1.79 bits per heavy atom. The summed E-state index contributed by atoms with van der Waals surface area (Å²) >= 11 is 0. The van der Waals surface area contributed by atoms with Crippen molar-refractivity contribution in [1.29, 1.82) is 0 Å². The van der Waals surface area contributed by atoms with Crippen LogP contribution in [0.4, 0.5) is 0 Å². The van der Waals surface area contributed by atoms with Crippen molar-refractivity contribution in [3.05, 3.63) is 54.4 Å². The molecular weight excluding hydrogens is 307 g/mol. The molecule has 0 amide bonds. The third-order valence-corrected chi connectivity index (χ3v) is 9.29. The van der Waals surface area contributed by atoms with E-state index in [1.54, 1.807) is 0 Å². The lowest BCUT2D eigenvalue weighted by Gasteiger charge is -2.25. The Balaban J connectivity index is 3.20. The molecule has 0 radical (unpaired) electrons. The predicted octanol–water partition coefficient (Wildman–Crippen LogP) is 8.02. The summed E-state index contributed by atoms with van der Waals surface area (Å²) in [5.74, 6) is 2.75. The van der Waals surface area contributed by atoms with E-state index in [0.29, 0.717) is 0 Å². The molecule has 1 heteroatoms. The molecule has 0 unspecified atom stereocenters. The maximum absolute atomic E-state index is 4.01. The van der Waals surface area contributed by atoms with Crippen LogP contribution in [0, 0.1) is 0 Å². The molecule has 0 saturated heterocycles. The van der Waals surface area contributed by atoms with Crippen molar-refractivity contribution >= 4 is 12.8 Å². The summed E-state index contributed by atoms with van der Waals surface area (Å²) in [5.41, 5.74) is 2.91. The summed E-state index contributed by atoms with van der Waals surface area (Å²) in [7, 11) is -1.01. The van der Waals surface area contributed by atoms with Gasteiger partial charge in [0.2, 0.25) is 0 Å². The molecule has 0 aliphatic carbocycles. The minimum Gasteiger partial charge on any atom is -0.103 e. The summed E-state index contributed by atoms with van der Waals surface area (Å²) in [4.78, 5) is 0. The highest BCUT2D eigenvalue weighted by Crippen LogP contribution is 2.63. The molecule has 0 atom stereocenters. The molecule has 0 aliphatic rings. The topological polar surface area (TPSA) is 0 Å². The minimum absolute atomic E-state index is 0.996. The van der Waals surface area contributed by atoms with E-state index >= 15 is 0 Å². The van der Waals surface area contributed by atoms with Crippen molar-refractivity contribution in [3.8, 4) is 0 Å². The largest absolute Gasteiger partial charge is 0.103 e. The van der Waals surface area contributed by atoms with Gasteiger partial charge in [-0.1, -0.05) is 76.4 Å². The zero-order chi connectivity index (χ0) is 17.7. The number of hydrogen-bond acceptors (Lipinski definition) is 0. The second kappa shape index (κ2) is 12.5. The van der Waals surface area contributed by atoms with Crippen LogP contribution in [0.5, 0.6) is 0 Å². The Morgan fingerprint density at radius 1 is 0.875 bits per heavy atom. The van der Waals surface area contributed by atoms with Gasteiger partial charge in [-0.05, 0) is 36.8 Å². The average Bonchev–Trinajstić information content (AvgIpc) is 2.63. The van der Waals surface area contributed by atoms with Gasteiger partial charge < -0.3 is 0 Å². The third-order valence-electron chi connectivity index (χ3n) is 4.81. The molecular formula is C23H38P+. The van der Waals surface area contributed by atoms with Crippen molar-refractivity contribution in [2.45, 2.75) is 65.7 Å². The molecule has 0 nitrogen and oxygen atoms in total. The van der Waals surface area contributed by atoms with Crippen LogP contribution < -0.4 is 0 Å². The summed E-state index contributed by atoms with van der Waals surface area (Å²) < 4.78 is 0. The Kier molecular flexibility index (Phi) is 11.0. The number of unbranched alkanes of at least 4 members (excludes halogenated alkanes) is 3. The Hall–Kier alpha value is -0.870. The van der Waals surface area contributed by atoms with Crippen LogP contribution in [0.25, 0.3) is 5.57 Å². The van der Waals surface area contributed by atoms with Crippen LogP contribution in [0.2, 0.25) is 0 Å². The Bertz CT molecular complexity index is 450. The Morgan fingerprint density at radius 2 is 1.38 bits per heavy atom. The fourth-order valence-corrected chi connectivity index (χ4v) is 8.14. The maximum atomic E-state index is 4.01. The molecule has 134 valence electrons. The molecule has 1 rings (SSSR count). The first-order valence-corrected chi connectivity index (χ1v) is 12.4. The average molecular weight is 346 g/mol. The van der Waals surface area contributed by atoms with E-state index < -0.39 is 7.26 Å².